The van der Waals surface area contributed by atoms with Gasteiger partial charge in [0.15, 0.2) is 0 Å². The van der Waals surface area contributed by atoms with Gasteiger partial charge in [0, 0.05) is 20.0 Å². The maximum absolute atomic E-state index is 13.4. The van der Waals surface area contributed by atoms with E-state index in [1.165, 1.54) is 25.2 Å². The van der Waals surface area contributed by atoms with Crippen LogP contribution in [-0.2, 0) is 10.0 Å². The summed E-state index contributed by atoms with van der Waals surface area (Å²) in [6.45, 7) is -0.00738. The Morgan fingerprint density at radius 3 is 2.67 bits per heavy atom. The van der Waals surface area contributed by atoms with Crippen LogP contribution in [0.1, 0.15) is 6.42 Å². The molecule has 0 amide bonds. The highest BCUT2D eigenvalue weighted by Crippen LogP contribution is 2.17. The van der Waals surface area contributed by atoms with Gasteiger partial charge in [-0.1, -0.05) is 17.3 Å². The number of nitrogens with two attached hydrogens (primary N) is 1. The first-order chi connectivity index (χ1) is 8.39. The van der Waals surface area contributed by atoms with Crippen molar-refractivity contribution in [3.8, 4) is 0 Å². The first kappa shape index (κ1) is 14.4. The van der Waals surface area contributed by atoms with Crippen molar-refractivity contribution < 1.29 is 18.0 Å². The van der Waals surface area contributed by atoms with Gasteiger partial charge in [-0.3, -0.25) is 0 Å². The maximum Gasteiger partial charge on any atom is 0.245 e. The molecule has 0 spiro atoms. The molecular weight excluding hydrogens is 261 g/mol. The Bertz CT molecular complexity index is 545. The average molecular weight is 275 g/mol. The van der Waals surface area contributed by atoms with Crippen LogP contribution in [0.3, 0.4) is 0 Å². The molecule has 100 valence electrons. The molecule has 0 bridgehead atoms. The second-order valence-corrected chi connectivity index (χ2v) is 5.61. The van der Waals surface area contributed by atoms with Crippen molar-refractivity contribution in [1.29, 1.82) is 0 Å². The summed E-state index contributed by atoms with van der Waals surface area (Å²) < 4.78 is 38.4. The van der Waals surface area contributed by atoms with Gasteiger partial charge >= 0.3 is 0 Å². The highest BCUT2D eigenvalue weighted by molar-refractivity contribution is 7.89. The van der Waals surface area contributed by atoms with Gasteiger partial charge in [-0.25, -0.2) is 17.1 Å². The Hall–Kier alpha value is -1.67. The third kappa shape index (κ3) is 3.17. The lowest BCUT2D eigenvalue weighted by Crippen LogP contribution is -2.31. The third-order valence-corrected chi connectivity index (χ3v) is 4.23. The standard InChI is InChI=1S/C10H14FN3O3S/c1-14(7-6-10(12)13-15)18(16,17)9-5-3-2-4-8(9)11/h2-5,15H,6-7H2,1H3,(H2,12,13). The lowest BCUT2D eigenvalue weighted by atomic mass is 10.3. The van der Waals surface area contributed by atoms with Crippen LogP contribution < -0.4 is 5.73 Å². The van der Waals surface area contributed by atoms with Crippen LogP contribution in [-0.4, -0.2) is 37.4 Å². The molecule has 8 heteroatoms. The van der Waals surface area contributed by atoms with Crippen LogP contribution in [0, 0.1) is 5.82 Å². The molecule has 0 radical (unpaired) electrons. The molecule has 0 fully saturated rings. The Kier molecular flexibility index (Phi) is 4.62. The fourth-order valence-corrected chi connectivity index (χ4v) is 2.50. The number of benzene rings is 1. The molecule has 0 heterocycles. The van der Waals surface area contributed by atoms with Gasteiger partial charge in [0.2, 0.25) is 10.0 Å². The quantitative estimate of drug-likeness (QED) is 0.355. The fraction of sp³-hybridized carbons (Fsp3) is 0.300. The zero-order chi connectivity index (χ0) is 13.8. The van der Waals surface area contributed by atoms with E-state index in [-0.39, 0.29) is 18.8 Å². The highest BCUT2D eigenvalue weighted by atomic mass is 32.2. The van der Waals surface area contributed by atoms with E-state index in [1.807, 2.05) is 0 Å². The van der Waals surface area contributed by atoms with Gasteiger partial charge in [-0.2, -0.15) is 0 Å². The largest absolute Gasteiger partial charge is 0.409 e. The monoisotopic (exact) mass is 275 g/mol. The number of sulfonamides is 1. The molecule has 1 aromatic rings. The molecule has 0 aliphatic carbocycles. The molecule has 0 aromatic heterocycles. The zero-order valence-corrected chi connectivity index (χ0v) is 10.6. The Balaban J connectivity index is 2.91. The minimum absolute atomic E-state index is 0.00738. The molecule has 18 heavy (non-hydrogen) atoms. The summed E-state index contributed by atoms with van der Waals surface area (Å²) in [6.07, 6.45) is 0.0562. The van der Waals surface area contributed by atoms with Crippen molar-refractivity contribution in [3.63, 3.8) is 0 Å². The van der Waals surface area contributed by atoms with Gasteiger partial charge in [0.1, 0.15) is 16.5 Å². The molecular formula is C10H14FN3O3S. The van der Waals surface area contributed by atoms with E-state index in [0.29, 0.717) is 0 Å². The normalized spacial score (nSPS) is 12.9. The number of hydrogen-bond donors (Lipinski definition) is 2. The van der Waals surface area contributed by atoms with Crippen molar-refractivity contribution in [2.75, 3.05) is 13.6 Å². The minimum atomic E-state index is -3.91. The van der Waals surface area contributed by atoms with E-state index in [9.17, 15) is 12.8 Å². The molecule has 0 unspecified atom stereocenters. The van der Waals surface area contributed by atoms with Gasteiger partial charge < -0.3 is 10.9 Å². The van der Waals surface area contributed by atoms with Crippen LogP contribution >= 0.6 is 0 Å². The Morgan fingerprint density at radius 2 is 2.11 bits per heavy atom. The molecule has 0 saturated heterocycles. The number of oxime groups is 1. The van der Waals surface area contributed by atoms with Crippen LogP contribution in [0.4, 0.5) is 4.39 Å². The summed E-state index contributed by atoms with van der Waals surface area (Å²) in [7, 11) is -2.61. The molecule has 0 saturated carbocycles. The topological polar surface area (TPSA) is 96.0 Å². The summed E-state index contributed by atoms with van der Waals surface area (Å²) in [5, 5.41) is 11.1. The molecule has 3 N–H and O–H groups in total. The maximum atomic E-state index is 13.4. The summed E-state index contributed by atoms with van der Waals surface area (Å²) in [6, 6.07) is 5.10. The molecule has 0 aliphatic heterocycles. The molecule has 0 atom stereocenters. The Morgan fingerprint density at radius 1 is 1.50 bits per heavy atom. The van der Waals surface area contributed by atoms with Crippen molar-refractivity contribution in [2.24, 2.45) is 10.9 Å². The first-order valence-electron chi connectivity index (χ1n) is 5.07. The van der Waals surface area contributed by atoms with E-state index in [1.54, 1.807) is 0 Å². The number of amidine groups is 1. The second-order valence-electron chi connectivity index (χ2n) is 3.60. The molecule has 1 aromatic carbocycles. The molecule has 6 nitrogen and oxygen atoms in total. The zero-order valence-electron chi connectivity index (χ0n) is 9.75. The number of halogens is 1. The van der Waals surface area contributed by atoms with Crippen LogP contribution in [0.2, 0.25) is 0 Å². The SMILES string of the molecule is CN(CC/C(N)=N/O)S(=O)(=O)c1ccccc1F. The fourth-order valence-electron chi connectivity index (χ4n) is 1.26. The van der Waals surface area contributed by atoms with Gasteiger partial charge in [-0.05, 0) is 12.1 Å². The third-order valence-electron chi connectivity index (χ3n) is 2.34. The lowest BCUT2D eigenvalue weighted by Gasteiger charge is -2.17. The minimum Gasteiger partial charge on any atom is -0.409 e. The molecule has 1 rings (SSSR count). The van der Waals surface area contributed by atoms with Crippen LogP contribution in [0.5, 0.6) is 0 Å². The summed E-state index contributed by atoms with van der Waals surface area (Å²) in [5.74, 6) is -0.904. The summed E-state index contributed by atoms with van der Waals surface area (Å²) in [4.78, 5) is -0.396. The summed E-state index contributed by atoms with van der Waals surface area (Å²) >= 11 is 0. The predicted molar refractivity (Wildman–Crippen MR) is 64.2 cm³/mol. The van der Waals surface area contributed by atoms with Crippen LogP contribution in [0.15, 0.2) is 34.3 Å². The second kappa shape index (κ2) is 5.78. The highest BCUT2D eigenvalue weighted by Gasteiger charge is 2.23. The predicted octanol–water partition coefficient (Wildman–Crippen LogP) is 0.583. The van der Waals surface area contributed by atoms with E-state index < -0.39 is 20.7 Å². The average Bonchev–Trinajstić information content (AvgIpc) is 2.35. The number of rotatable bonds is 5. The van der Waals surface area contributed by atoms with Crippen molar-refractivity contribution >= 4 is 15.9 Å². The summed E-state index contributed by atoms with van der Waals surface area (Å²) in [5.41, 5.74) is 5.24. The lowest BCUT2D eigenvalue weighted by molar-refractivity contribution is 0.316. The van der Waals surface area contributed by atoms with Crippen molar-refractivity contribution in [2.45, 2.75) is 11.3 Å². The van der Waals surface area contributed by atoms with Crippen molar-refractivity contribution in [1.82, 2.24) is 4.31 Å². The number of hydrogen-bond acceptors (Lipinski definition) is 4. The van der Waals surface area contributed by atoms with Crippen molar-refractivity contribution in [3.05, 3.63) is 30.1 Å². The van der Waals surface area contributed by atoms with E-state index >= 15 is 0 Å². The van der Waals surface area contributed by atoms with Gasteiger partial charge in [0.05, 0.1) is 0 Å². The van der Waals surface area contributed by atoms with Gasteiger partial charge in [0.25, 0.3) is 0 Å². The van der Waals surface area contributed by atoms with Crippen LogP contribution in [0.25, 0.3) is 0 Å². The number of nitrogens with zero attached hydrogens (tertiary/aromatic N) is 2. The Labute approximate surface area is 105 Å². The van der Waals surface area contributed by atoms with Gasteiger partial charge in [-0.15, -0.1) is 0 Å². The van der Waals surface area contributed by atoms with E-state index in [0.717, 1.165) is 10.4 Å². The molecule has 0 aliphatic rings. The smallest absolute Gasteiger partial charge is 0.245 e. The van der Waals surface area contributed by atoms with E-state index in [4.69, 9.17) is 10.9 Å². The van der Waals surface area contributed by atoms with E-state index in [2.05, 4.69) is 5.16 Å². The first-order valence-corrected chi connectivity index (χ1v) is 6.51.